The van der Waals surface area contributed by atoms with Gasteiger partial charge in [0.1, 0.15) is 0 Å². The first-order valence-electron chi connectivity index (χ1n) is 3.96. The maximum absolute atomic E-state index is 4.88. The average Bonchev–Trinajstić information content (AvgIpc) is 2.32. The van der Waals surface area contributed by atoms with Gasteiger partial charge in [0.15, 0.2) is 5.82 Å². The van der Waals surface area contributed by atoms with Gasteiger partial charge in [-0.1, -0.05) is 32.5 Å². The molecule has 0 spiro atoms. The molecule has 0 bridgehead atoms. The predicted octanol–water partition coefficient (Wildman–Crippen LogP) is 2.30. The minimum absolute atomic E-state index is 0.197. The van der Waals surface area contributed by atoms with Gasteiger partial charge >= 0.3 is 0 Å². The Morgan fingerprint density at radius 3 is 2.58 bits per heavy atom. The summed E-state index contributed by atoms with van der Waals surface area (Å²) in [5, 5.41) is 3.82. The van der Waals surface area contributed by atoms with E-state index in [1.807, 2.05) is 0 Å². The fraction of sp³-hybridized carbons (Fsp3) is 0.556. The molecular formula is C9H14N2O. The molecule has 0 aliphatic carbocycles. The van der Waals surface area contributed by atoms with E-state index < -0.39 is 0 Å². The van der Waals surface area contributed by atoms with E-state index in [-0.39, 0.29) is 5.41 Å². The molecule has 1 aromatic rings. The van der Waals surface area contributed by atoms with Crippen molar-refractivity contribution >= 4 is 6.08 Å². The Balaban J connectivity index is 2.70. The van der Waals surface area contributed by atoms with Gasteiger partial charge in [0.2, 0.25) is 5.89 Å². The van der Waals surface area contributed by atoms with Gasteiger partial charge in [-0.2, -0.15) is 4.98 Å². The van der Waals surface area contributed by atoms with E-state index in [2.05, 4.69) is 37.5 Å². The van der Waals surface area contributed by atoms with Crippen molar-refractivity contribution in [2.45, 2.75) is 27.2 Å². The van der Waals surface area contributed by atoms with Crippen LogP contribution in [-0.4, -0.2) is 10.1 Å². The highest BCUT2D eigenvalue weighted by molar-refractivity contribution is 5.32. The Morgan fingerprint density at radius 1 is 1.50 bits per heavy atom. The number of rotatable bonds is 2. The third-order valence-corrected chi connectivity index (χ3v) is 1.35. The molecule has 66 valence electrons. The van der Waals surface area contributed by atoms with Crippen LogP contribution in [0.1, 0.15) is 32.5 Å². The monoisotopic (exact) mass is 166 g/mol. The van der Waals surface area contributed by atoms with Crippen LogP contribution in [0.3, 0.4) is 0 Å². The highest BCUT2D eigenvalue weighted by Gasteiger charge is 2.15. The number of nitrogens with zero attached hydrogens (tertiary/aromatic N) is 2. The molecule has 0 aliphatic rings. The summed E-state index contributed by atoms with van der Waals surface area (Å²) in [5.74, 6) is 1.24. The van der Waals surface area contributed by atoms with E-state index in [1.54, 1.807) is 6.08 Å². The lowest BCUT2D eigenvalue weighted by molar-refractivity contribution is 0.368. The highest BCUT2D eigenvalue weighted by atomic mass is 16.5. The Hall–Kier alpha value is -1.12. The second-order valence-electron chi connectivity index (χ2n) is 3.99. The zero-order chi connectivity index (χ0) is 9.19. The number of hydrogen-bond acceptors (Lipinski definition) is 3. The molecule has 3 nitrogen and oxygen atoms in total. The van der Waals surface area contributed by atoms with Gasteiger partial charge < -0.3 is 4.52 Å². The van der Waals surface area contributed by atoms with Gasteiger partial charge in [-0.3, -0.25) is 0 Å². The fourth-order valence-electron chi connectivity index (χ4n) is 0.897. The largest absolute Gasteiger partial charge is 0.335 e. The SMILES string of the molecule is C=Cc1nc(CC(C)(C)C)no1. The molecule has 0 radical (unpaired) electrons. The zero-order valence-corrected chi connectivity index (χ0v) is 7.79. The molecule has 0 atom stereocenters. The maximum atomic E-state index is 4.88. The molecule has 0 unspecified atom stereocenters. The van der Waals surface area contributed by atoms with E-state index in [1.165, 1.54) is 0 Å². The molecular weight excluding hydrogens is 152 g/mol. The van der Waals surface area contributed by atoms with Crippen LogP contribution in [0.4, 0.5) is 0 Å². The summed E-state index contributed by atoms with van der Waals surface area (Å²) < 4.78 is 4.88. The Morgan fingerprint density at radius 2 is 2.17 bits per heavy atom. The van der Waals surface area contributed by atoms with Crippen molar-refractivity contribution < 1.29 is 4.52 Å². The Labute approximate surface area is 72.5 Å². The summed E-state index contributed by atoms with van der Waals surface area (Å²) in [5.41, 5.74) is 0.197. The van der Waals surface area contributed by atoms with E-state index in [9.17, 15) is 0 Å². The van der Waals surface area contributed by atoms with E-state index in [0.29, 0.717) is 5.89 Å². The minimum Gasteiger partial charge on any atom is -0.335 e. The van der Waals surface area contributed by atoms with Gasteiger partial charge in [0.25, 0.3) is 0 Å². The molecule has 3 heteroatoms. The van der Waals surface area contributed by atoms with Crippen molar-refractivity contribution in [3.63, 3.8) is 0 Å². The van der Waals surface area contributed by atoms with Crippen molar-refractivity contribution in [3.05, 3.63) is 18.3 Å². The first kappa shape index (κ1) is 8.97. The molecule has 0 aromatic carbocycles. The van der Waals surface area contributed by atoms with E-state index in [0.717, 1.165) is 12.2 Å². The van der Waals surface area contributed by atoms with Crippen LogP contribution in [0, 0.1) is 5.41 Å². The molecule has 0 N–H and O–H groups in total. The molecule has 0 saturated carbocycles. The normalized spacial score (nSPS) is 11.6. The summed E-state index contributed by atoms with van der Waals surface area (Å²) in [4.78, 5) is 4.12. The van der Waals surface area contributed by atoms with Crippen molar-refractivity contribution in [1.82, 2.24) is 10.1 Å². The van der Waals surface area contributed by atoms with Gasteiger partial charge in [-0.15, -0.1) is 0 Å². The lowest BCUT2D eigenvalue weighted by Gasteiger charge is -2.14. The minimum atomic E-state index is 0.197. The molecule has 0 saturated heterocycles. The van der Waals surface area contributed by atoms with Crippen LogP contribution in [0.2, 0.25) is 0 Å². The van der Waals surface area contributed by atoms with Gasteiger partial charge in [0.05, 0.1) is 0 Å². The van der Waals surface area contributed by atoms with E-state index >= 15 is 0 Å². The summed E-state index contributed by atoms with van der Waals surface area (Å²) in [6.07, 6.45) is 2.38. The molecule has 0 amide bonds. The van der Waals surface area contributed by atoms with E-state index in [4.69, 9.17) is 4.52 Å². The van der Waals surface area contributed by atoms with Crippen LogP contribution in [-0.2, 0) is 6.42 Å². The van der Waals surface area contributed by atoms with Crippen LogP contribution in [0.5, 0.6) is 0 Å². The summed E-state index contributed by atoms with van der Waals surface area (Å²) in [6.45, 7) is 9.95. The smallest absolute Gasteiger partial charge is 0.250 e. The van der Waals surface area contributed by atoms with Crippen LogP contribution in [0.15, 0.2) is 11.1 Å². The van der Waals surface area contributed by atoms with Gasteiger partial charge in [0, 0.05) is 6.42 Å². The van der Waals surface area contributed by atoms with Crippen LogP contribution in [0.25, 0.3) is 6.08 Å². The zero-order valence-electron chi connectivity index (χ0n) is 7.79. The molecule has 0 aliphatic heterocycles. The quantitative estimate of drug-likeness (QED) is 0.676. The first-order chi connectivity index (χ1) is 5.51. The molecule has 0 fully saturated rings. The molecule has 12 heavy (non-hydrogen) atoms. The Bertz CT molecular complexity index is 270. The third kappa shape index (κ3) is 2.49. The Kier molecular flexibility index (Phi) is 2.31. The number of aromatic nitrogens is 2. The van der Waals surface area contributed by atoms with Gasteiger partial charge in [-0.05, 0) is 11.5 Å². The lowest BCUT2D eigenvalue weighted by atomic mass is 9.92. The van der Waals surface area contributed by atoms with Crippen molar-refractivity contribution in [1.29, 1.82) is 0 Å². The maximum Gasteiger partial charge on any atom is 0.250 e. The second-order valence-corrected chi connectivity index (χ2v) is 3.99. The average molecular weight is 166 g/mol. The fourth-order valence-corrected chi connectivity index (χ4v) is 0.897. The van der Waals surface area contributed by atoms with Crippen molar-refractivity contribution in [2.24, 2.45) is 5.41 Å². The topological polar surface area (TPSA) is 38.9 Å². The van der Waals surface area contributed by atoms with Crippen LogP contribution >= 0.6 is 0 Å². The molecule has 1 heterocycles. The predicted molar refractivity (Wildman–Crippen MR) is 47.5 cm³/mol. The summed E-state index contributed by atoms with van der Waals surface area (Å²) >= 11 is 0. The summed E-state index contributed by atoms with van der Waals surface area (Å²) in [6, 6.07) is 0. The molecule has 1 aromatic heterocycles. The standard InChI is InChI=1S/C9H14N2O/c1-5-8-10-7(11-12-8)6-9(2,3)4/h5H,1,6H2,2-4H3. The lowest BCUT2D eigenvalue weighted by Crippen LogP contribution is -2.10. The van der Waals surface area contributed by atoms with Crippen LogP contribution < -0.4 is 0 Å². The van der Waals surface area contributed by atoms with Crippen molar-refractivity contribution in [3.8, 4) is 0 Å². The summed E-state index contributed by atoms with van der Waals surface area (Å²) in [7, 11) is 0. The van der Waals surface area contributed by atoms with Crippen molar-refractivity contribution in [2.75, 3.05) is 0 Å². The highest BCUT2D eigenvalue weighted by Crippen LogP contribution is 2.18. The second kappa shape index (κ2) is 3.09. The third-order valence-electron chi connectivity index (χ3n) is 1.35. The number of hydrogen-bond donors (Lipinski definition) is 0. The molecule has 1 rings (SSSR count). The first-order valence-corrected chi connectivity index (χ1v) is 3.96. The van der Waals surface area contributed by atoms with Gasteiger partial charge in [-0.25, -0.2) is 0 Å².